The first-order chi connectivity index (χ1) is 4.46. The Morgan fingerprint density at radius 1 is 0.800 bits per heavy atom. The van der Waals surface area contributed by atoms with Crippen LogP contribution < -0.4 is 17.2 Å². The monoisotopic (exact) mass is 143 g/mol. The largest absolute Gasteiger partial charge is 0.369 e. The smallest absolute Gasteiger partial charge is 0.202 e. The number of nitrogens with one attached hydrogen (secondary N) is 3. The fraction of sp³-hybridized carbons (Fsp3) is 0. The lowest BCUT2D eigenvalue weighted by Crippen LogP contribution is -2.51. The first-order valence-corrected chi connectivity index (χ1v) is 2.29. The van der Waals surface area contributed by atoms with E-state index >= 15 is 0 Å². The predicted octanol–water partition coefficient (Wildman–Crippen LogP) is -2.03. The molecule has 0 amide bonds. The minimum absolute atomic E-state index is 0.542. The summed E-state index contributed by atoms with van der Waals surface area (Å²) in [6.07, 6.45) is 0. The van der Waals surface area contributed by atoms with Crippen molar-refractivity contribution in [3.8, 4) is 0 Å². The number of hydrogen-bond donors (Lipinski definition) is 6. The molecule has 0 spiro atoms. The molecule has 0 aliphatic carbocycles. The summed E-state index contributed by atoms with van der Waals surface area (Å²) < 4.78 is 0. The van der Waals surface area contributed by atoms with E-state index in [1.54, 1.807) is 0 Å². The van der Waals surface area contributed by atoms with E-state index in [9.17, 15) is 0 Å². The van der Waals surface area contributed by atoms with E-state index in [0.717, 1.165) is 0 Å². The fourth-order valence-electron chi connectivity index (χ4n) is 0.389. The number of guanidine groups is 3. The van der Waals surface area contributed by atoms with Gasteiger partial charge in [-0.3, -0.25) is 16.2 Å². The third-order valence-electron chi connectivity index (χ3n) is 0.723. The standard InChI is InChI=1S/C3H9N7/c4-1(5)10(2(6)7)3(8)9/h(H3,4,5)(H3,6,7)(H3,8,9). The fourth-order valence-corrected chi connectivity index (χ4v) is 0.389. The second kappa shape index (κ2) is 2.67. The summed E-state index contributed by atoms with van der Waals surface area (Å²) in [5.41, 5.74) is 14.7. The number of rotatable bonds is 0. The first kappa shape index (κ1) is 8.21. The van der Waals surface area contributed by atoms with E-state index < -0.39 is 17.9 Å². The zero-order chi connectivity index (χ0) is 8.31. The highest BCUT2D eigenvalue weighted by molar-refractivity contribution is 6.09. The zero-order valence-corrected chi connectivity index (χ0v) is 5.18. The van der Waals surface area contributed by atoms with Crippen molar-refractivity contribution >= 4 is 17.9 Å². The molecule has 56 valence electrons. The van der Waals surface area contributed by atoms with Crippen LogP contribution in [0.4, 0.5) is 0 Å². The Morgan fingerprint density at radius 2 is 1.00 bits per heavy atom. The van der Waals surface area contributed by atoms with Gasteiger partial charge in [-0.2, -0.15) is 0 Å². The van der Waals surface area contributed by atoms with Gasteiger partial charge in [0.25, 0.3) is 0 Å². The van der Waals surface area contributed by atoms with Crippen LogP contribution in [0, 0.1) is 16.2 Å². The average Bonchev–Trinajstić information content (AvgIpc) is 1.59. The molecule has 0 fully saturated rings. The average molecular weight is 143 g/mol. The molecule has 7 nitrogen and oxygen atoms in total. The van der Waals surface area contributed by atoms with Gasteiger partial charge >= 0.3 is 0 Å². The van der Waals surface area contributed by atoms with Gasteiger partial charge in [-0.05, 0) is 0 Å². The second-order valence-electron chi connectivity index (χ2n) is 1.49. The maximum absolute atomic E-state index is 6.77. The van der Waals surface area contributed by atoms with Gasteiger partial charge in [0.15, 0.2) is 0 Å². The summed E-state index contributed by atoms with van der Waals surface area (Å²) in [5, 5.41) is 20.3. The Kier molecular flexibility index (Phi) is 2.19. The first-order valence-electron chi connectivity index (χ1n) is 2.29. The second-order valence-corrected chi connectivity index (χ2v) is 1.49. The summed E-state index contributed by atoms with van der Waals surface area (Å²) >= 11 is 0. The van der Waals surface area contributed by atoms with Crippen LogP contribution in [-0.2, 0) is 0 Å². The molecule has 0 aliphatic rings. The van der Waals surface area contributed by atoms with Crippen molar-refractivity contribution in [1.29, 1.82) is 16.2 Å². The lowest BCUT2D eigenvalue weighted by atomic mass is 10.7. The maximum Gasteiger partial charge on any atom is 0.202 e. The SMILES string of the molecule is N=C(N)N(C(=N)N)C(=N)N. The van der Waals surface area contributed by atoms with E-state index in [2.05, 4.69) is 0 Å². The van der Waals surface area contributed by atoms with Crippen LogP contribution in [0.5, 0.6) is 0 Å². The molecule has 0 unspecified atom stereocenters. The highest BCUT2D eigenvalue weighted by Crippen LogP contribution is 1.80. The molecule has 0 radical (unpaired) electrons. The minimum atomic E-state index is -0.542. The summed E-state index contributed by atoms with van der Waals surface area (Å²) in [6.45, 7) is 0. The van der Waals surface area contributed by atoms with Crippen molar-refractivity contribution in [2.75, 3.05) is 0 Å². The van der Waals surface area contributed by atoms with Crippen molar-refractivity contribution in [3.05, 3.63) is 0 Å². The Balaban J connectivity index is 4.43. The number of nitrogens with zero attached hydrogens (tertiary/aromatic N) is 1. The Morgan fingerprint density at radius 3 is 1.00 bits per heavy atom. The van der Waals surface area contributed by atoms with Crippen molar-refractivity contribution in [1.82, 2.24) is 4.90 Å². The molecule has 0 aromatic rings. The molecule has 0 bridgehead atoms. The number of hydrogen-bond acceptors (Lipinski definition) is 3. The van der Waals surface area contributed by atoms with Crippen molar-refractivity contribution in [3.63, 3.8) is 0 Å². The van der Waals surface area contributed by atoms with Gasteiger partial charge in [0.05, 0.1) is 0 Å². The molecule has 0 aromatic heterocycles. The lowest BCUT2D eigenvalue weighted by molar-refractivity contribution is 0.825. The van der Waals surface area contributed by atoms with E-state index in [1.807, 2.05) is 0 Å². The van der Waals surface area contributed by atoms with Crippen LogP contribution in [0.3, 0.4) is 0 Å². The van der Waals surface area contributed by atoms with Gasteiger partial charge in [-0.15, -0.1) is 0 Å². The van der Waals surface area contributed by atoms with Crippen molar-refractivity contribution < 1.29 is 0 Å². The lowest BCUT2D eigenvalue weighted by Gasteiger charge is -2.16. The molecule has 9 N–H and O–H groups in total. The third-order valence-corrected chi connectivity index (χ3v) is 0.723. The molecular formula is C3H9N7. The van der Waals surface area contributed by atoms with Gasteiger partial charge in [-0.1, -0.05) is 0 Å². The molecule has 0 heterocycles. The Labute approximate surface area is 57.3 Å². The number of nitrogens with two attached hydrogens (primary N) is 3. The molecule has 0 atom stereocenters. The highest BCUT2D eigenvalue weighted by Gasteiger charge is 2.11. The van der Waals surface area contributed by atoms with Crippen LogP contribution in [-0.4, -0.2) is 22.8 Å². The Hall–Kier alpha value is -1.79. The summed E-state index contributed by atoms with van der Waals surface area (Å²) in [5.74, 6) is -1.62. The molecule has 7 heteroatoms. The van der Waals surface area contributed by atoms with Gasteiger partial charge in [0.1, 0.15) is 0 Å². The Bertz CT molecular complexity index is 148. The normalized spacial score (nSPS) is 8.40. The summed E-state index contributed by atoms with van der Waals surface area (Å²) in [4.78, 5) is 0.583. The van der Waals surface area contributed by atoms with E-state index in [0.29, 0.717) is 4.90 Å². The third kappa shape index (κ3) is 1.62. The molecule has 10 heavy (non-hydrogen) atoms. The van der Waals surface area contributed by atoms with Gasteiger partial charge in [0, 0.05) is 0 Å². The van der Waals surface area contributed by atoms with Gasteiger partial charge in [-0.25, -0.2) is 4.90 Å². The van der Waals surface area contributed by atoms with Crippen LogP contribution in [0.15, 0.2) is 0 Å². The van der Waals surface area contributed by atoms with Crippen LogP contribution in [0.25, 0.3) is 0 Å². The van der Waals surface area contributed by atoms with Crippen LogP contribution >= 0.6 is 0 Å². The highest BCUT2D eigenvalue weighted by atomic mass is 15.4. The quantitative estimate of drug-likeness (QED) is 0.171. The van der Waals surface area contributed by atoms with Gasteiger partial charge in [0.2, 0.25) is 17.9 Å². The molecule has 0 saturated carbocycles. The van der Waals surface area contributed by atoms with Crippen molar-refractivity contribution in [2.45, 2.75) is 0 Å². The topological polar surface area (TPSA) is 153 Å². The molecule has 0 rings (SSSR count). The summed E-state index contributed by atoms with van der Waals surface area (Å²) in [6, 6.07) is 0. The molecular weight excluding hydrogens is 134 g/mol. The van der Waals surface area contributed by atoms with E-state index in [4.69, 9.17) is 33.4 Å². The molecule has 0 aliphatic heterocycles. The van der Waals surface area contributed by atoms with Crippen LogP contribution in [0.1, 0.15) is 0 Å². The molecule has 0 aromatic carbocycles. The van der Waals surface area contributed by atoms with E-state index in [-0.39, 0.29) is 0 Å². The van der Waals surface area contributed by atoms with Crippen molar-refractivity contribution in [2.24, 2.45) is 17.2 Å². The predicted molar refractivity (Wildman–Crippen MR) is 37.6 cm³/mol. The molecule has 0 saturated heterocycles. The van der Waals surface area contributed by atoms with Crippen LogP contribution in [0.2, 0.25) is 0 Å². The zero-order valence-electron chi connectivity index (χ0n) is 5.18. The van der Waals surface area contributed by atoms with Gasteiger partial charge < -0.3 is 17.2 Å². The van der Waals surface area contributed by atoms with E-state index in [1.165, 1.54) is 0 Å². The minimum Gasteiger partial charge on any atom is -0.369 e. The summed E-state index contributed by atoms with van der Waals surface area (Å²) in [7, 11) is 0. The maximum atomic E-state index is 6.77.